The highest BCUT2D eigenvalue weighted by atomic mass is 16.4. The lowest BCUT2D eigenvalue weighted by Gasteiger charge is -2.19. The van der Waals surface area contributed by atoms with Gasteiger partial charge in [0.2, 0.25) is 5.91 Å². The third-order valence-corrected chi connectivity index (χ3v) is 2.85. The first kappa shape index (κ1) is 11.5. The summed E-state index contributed by atoms with van der Waals surface area (Å²) in [4.78, 5) is 24.2. The Kier molecular flexibility index (Phi) is 2.80. The van der Waals surface area contributed by atoms with E-state index in [-0.39, 0.29) is 25.4 Å². The Labute approximate surface area is 97.0 Å². The van der Waals surface area contributed by atoms with E-state index in [1.807, 2.05) is 0 Å². The van der Waals surface area contributed by atoms with Crippen molar-refractivity contribution in [1.29, 1.82) is 0 Å². The molecule has 0 saturated carbocycles. The van der Waals surface area contributed by atoms with E-state index in [0.717, 1.165) is 0 Å². The van der Waals surface area contributed by atoms with Gasteiger partial charge in [0.05, 0.1) is 6.20 Å². The highest BCUT2D eigenvalue weighted by Crippen LogP contribution is 2.19. The maximum atomic E-state index is 11.8. The summed E-state index contributed by atoms with van der Waals surface area (Å²) >= 11 is 0. The number of hydrogen-bond donors (Lipinski definition) is 2. The molecule has 1 atom stereocenters. The van der Waals surface area contributed by atoms with E-state index in [1.54, 1.807) is 6.20 Å². The summed E-state index contributed by atoms with van der Waals surface area (Å²) in [5.41, 5.74) is 4.35. The topological polar surface area (TPSA) is 114 Å². The molecule has 17 heavy (non-hydrogen) atoms. The predicted octanol–water partition coefficient (Wildman–Crippen LogP) is -1.71. The highest BCUT2D eigenvalue weighted by Gasteiger charge is 2.42. The summed E-state index contributed by atoms with van der Waals surface area (Å²) in [5.74, 6) is -1.28. The number of carbonyl (C=O) groups is 2. The van der Waals surface area contributed by atoms with Crippen LogP contribution in [0, 0.1) is 0 Å². The van der Waals surface area contributed by atoms with Crippen LogP contribution in [0.25, 0.3) is 0 Å². The zero-order chi connectivity index (χ0) is 12.5. The average molecular weight is 239 g/mol. The van der Waals surface area contributed by atoms with Gasteiger partial charge in [-0.05, 0) is 6.42 Å². The zero-order valence-electron chi connectivity index (χ0n) is 9.11. The summed E-state index contributed by atoms with van der Waals surface area (Å²) < 4.78 is 1.39. The number of aliphatic carboxylic acids is 1. The van der Waals surface area contributed by atoms with Crippen molar-refractivity contribution in [3.8, 4) is 0 Å². The second-order valence-electron chi connectivity index (χ2n) is 4.13. The Balaban J connectivity index is 1.97. The first-order valence-electron chi connectivity index (χ1n) is 5.15. The molecule has 3 N–H and O–H groups in total. The van der Waals surface area contributed by atoms with Crippen LogP contribution in [0.1, 0.15) is 6.42 Å². The Morgan fingerprint density at radius 1 is 1.53 bits per heavy atom. The van der Waals surface area contributed by atoms with E-state index in [4.69, 9.17) is 10.8 Å². The number of aromatic nitrogens is 3. The molecule has 1 unspecified atom stereocenters. The van der Waals surface area contributed by atoms with Gasteiger partial charge >= 0.3 is 5.97 Å². The molecule has 0 aromatic carbocycles. The first-order valence-corrected chi connectivity index (χ1v) is 5.15. The number of carboxylic acids is 1. The van der Waals surface area contributed by atoms with Gasteiger partial charge in [-0.3, -0.25) is 9.59 Å². The van der Waals surface area contributed by atoms with E-state index in [1.165, 1.54) is 15.8 Å². The van der Waals surface area contributed by atoms with E-state index < -0.39 is 11.5 Å². The maximum absolute atomic E-state index is 11.8. The second kappa shape index (κ2) is 4.13. The Morgan fingerprint density at radius 3 is 2.82 bits per heavy atom. The molecular formula is C9H13N5O3. The second-order valence-corrected chi connectivity index (χ2v) is 4.13. The molecule has 1 aromatic rings. The number of carboxylic acid groups (broad SMARTS) is 1. The van der Waals surface area contributed by atoms with Crippen molar-refractivity contribution < 1.29 is 14.7 Å². The van der Waals surface area contributed by atoms with Gasteiger partial charge in [0, 0.05) is 19.3 Å². The lowest BCUT2D eigenvalue weighted by Crippen LogP contribution is -2.50. The van der Waals surface area contributed by atoms with Crippen LogP contribution in [0.2, 0.25) is 0 Å². The molecule has 8 nitrogen and oxygen atoms in total. The van der Waals surface area contributed by atoms with Crippen molar-refractivity contribution in [2.24, 2.45) is 5.73 Å². The van der Waals surface area contributed by atoms with Crippen LogP contribution in [0.15, 0.2) is 12.4 Å². The number of nitrogens with two attached hydrogens (primary N) is 1. The summed E-state index contributed by atoms with van der Waals surface area (Å²) in [6.07, 6.45) is 3.31. The number of nitrogens with zero attached hydrogens (tertiary/aromatic N) is 4. The maximum Gasteiger partial charge on any atom is 0.325 e. The summed E-state index contributed by atoms with van der Waals surface area (Å²) in [5, 5.41) is 16.2. The fraction of sp³-hybridized carbons (Fsp3) is 0.556. The average Bonchev–Trinajstić information content (AvgIpc) is 2.88. The SMILES string of the molecule is NC1(C(=O)O)CCN(C(=O)Cn2ccnn2)C1. The van der Waals surface area contributed by atoms with E-state index in [9.17, 15) is 9.59 Å². The van der Waals surface area contributed by atoms with Crippen LogP contribution in [-0.4, -0.2) is 55.5 Å². The van der Waals surface area contributed by atoms with Gasteiger partial charge in [-0.2, -0.15) is 0 Å². The summed E-state index contributed by atoms with van der Waals surface area (Å²) in [6.45, 7) is 0.446. The summed E-state index contributed by atoms with van der Waals surface area (Å²) in [6, 6.07) is 0. The van der Waals surface area contributed by atoms with Gasteiger partial charge in [-0.1, -0.05) is 5.21 Å². The van der Waals surface area contributed by atoms with E-state index in [2.05, 4.69) is 10.3 Å². The predicted molar refractivity (Wildman–Crippen MR) is 55.8 cm³/mol. The molecule has 1 saturated heterocycles. The minimum absolute atomic E-state index is 0.0376. The largest absolute Gasteiger partial charge is 0.480 e. The number of amides is 1. The Bertz CT molecular complexity index is 432. The minimum atomic E-state index is -1.32. The van der Waals surface area contributed by atoms with Gasteiger partial charge in [0.25, 0.3) is 0 Å². The number of hydrogen-bond acceptors (Lipinski definition) is 5. The molecule has 0 radical (unpaired) electrons. The van der Waals surface area contributed by atoms with Gasteiger partial charge in [0.1, 0.15) is 12.1 Å². The van der Waals surface area contributed by atoms with Gasteiger partial charge < -0.3 is 15.7 Å². The molecule has 1 aliphatic heterocycles. The van der Waals surface area contributed by atoms with Crippen molar-refractivity contribution in [2.75, 3.05) is 13.1 Å². The Hall–Kier alpha value is -1.96. The standard InChI is InChI=1S/C9H13N5O3/c10-9(8(16)17)1-3-13(6-9)7(15)5-14-4-2-11-12-14/h2,4H,1,3,5-6,10H2,(H,16,17). The normalized spacial score (nSPS) is 23.9. The van der Waals surface area contributed by atoms with Crippen LogP contribution >= 0.6 is 0 Å². The molecule has 1 aromatic heterocycles. The third kappa shape index (κ3) is 2.26. The molecule has 1 amide bonds. The van der Waals surface area contributed by atoms with Crippen LogP contribution < -0.4 is 5.73 Å². The summed E-state index contributed by atoms with van der Waals surface area (Å²) in [7, 11) is 0. The highest BCUT2D eigenvalue weighted by molar-refractivity contribution is 5.83. The molecular weight excluding hydrogens is 226 g/mol. The number of rotatable bonds is 3. The van der Waals surface area contributed by atoms with Gasteiger partial charge in [-0.15, -0.1) is 5.10 Å². The molecule has 8 heteroatoms. The van der Waals surface area contributed by atoms with Crippen molar-refractivity contribution >= 4 is 11.9 Å². The van der Waals surface area contributed by atoms with Crippen LogP contribution in [0.4, 0.5) is 0 Å². The van der Waals surface area contributed by atoms with Crippen LogP contribution in [-0.2, 0) is 16.1 Å². The minimum Gasteiger partial charge on any atom is -0.480 e. The fourth-order valence-corrected chi connectivity index (χ4v) is 1.78. The van der Waals surface area contributed by atoms with Crippen molar-refractivity contribution in [1.82, 2.24) is 19.9 Å². The van der Waals surface area contributed by atoms with Crippen molar-refractivity contribution in [2.45, 2.75) is 18.5 Å². The third-order valence-electron chi connectivity index (χ3n) is 2.85. The molecule has 92 valence electrons. The van der Waals surface area contributed by atoms with Crippen molar-refractivity contribution in [3.05, 3.63) is 12.4 Å². The van der Waals surface area contributed by atoms with E-state index >= 15 is 0 Å². The fourth-order valence-electron chi connectivity index (χ4n) is 1.78. The Morgan fingerprint density at radius 2 is 2.29 bits per heavy atom. The molecule has 0 spiro atoms. The lowest BCUT2D eigenvalue weighted by atomic mass is 10.0. The number of carbonyl (C=O) groups excluding carboxylic acids is 1. The van der Waals surface area contributed by atoms with Gasteiger partial charge in [-0.25, -0.2) is 4.68 Å². The van der Waals surface area contributed by atoms with Crippen molar-refractivity contribution in [3.63, 3.8) is 0 Å². The lowest BCUT2D eigenvalue weighted by molar-refractivity contribution is -0.143. The first-order chi connectivity index (χ1) is 8.01. The monoisotopic (exact) mass is 239 g/mol. The molecule has 2 rings (SSSR count). The van der Waals surface area contributed by atoms with Crippen LogP contribution in [0.5, 0.6) is 0 Å². The molecule has 0 aliphatic carbocycles. The molecule has 1 fully saturated rings. The zero-order valence-corrected chi connectivity index (χ0v) is 9.11. The van der Waals surface area contributed by atoms with E-state index in [0.29, 0.717) is 6.54 Å². The number of likely N-dealkylation sites (tertiary alicyclic amines) is 1. The molecule has 0 bridgehead atoms. The molecule has 2 heterocycles. The smallest absolute Gasteiger partial charge is 0.325 e. The van der Waals surface area contributed by atoms with Gasteiger partial charge in [0.15, 0.2) is 0 Å². The molecule has 1 aliphatic rings. The quantitative estimate of drug-likeness (QED) is 0.649. The van der Waals surface area contributed by atoms with Crippen LogP contribution in [0.3, 0.4) is 0 Å².